The Morgan fingerprint density at radius 3 is 2.25 bits per heavy atom. The fourth-order valence-electron chi connectivity index (χ4n) is 1.60. The zero-order valence-electron chi connectivity index (χ0n) is 10.5. The maximum atomic E-state index is 12.4. The third-order valence-electron chi connectivity index (χ3n) is 2.67. The van der Waals surface area contributed by atoms with Crippen molar-refractivity contribution in [2.75, 3.05) is 10.5 Å². The number of nitrogens with one attached hydrogen (secondary N) is 1. The fourth-order valence-corrected chi connectivity index (χ4v) is 4.33. The SMILES string of the molecule is Cc1cc(Br)c(S(=O)(=O)Nc2ccc(N)cc2)cc1Br. The molecule has 0 aromatic heterocycles. The van der Waals surface area contributed by atoms with Gasteiger partial charge in [-0.1, -0.05) is 15.9 Å². The maximum absolute atomic E-state index is 12.4. The summed E-state index contributed by atoms with van der Waals surface area (Å²) >= 11 is 6.62. The standard InChI is InChI=1S/C13H12Br2N2O2S/c1-8-6-12(15)13(7-11(8)14)20(18,19)17-10-4-2-9(16)3-5-10/h2-7,17H,16H2,1H3. The van der Waals surface area contributed by atoms with Crippen molar-refractivity contribution in [2.45, 2.75) is 11.8 Å². The predicted molar refractivity (Wildman–Crippen MR) is 88.2 cm³/mol. The van der Waals surface area contributed by atoms with Gasteiger partial charge in [0.25, 0.3) is 10.0 Å². The predicted octanol–water partition coefficient (Wildman–Crippen LogP) is 3.90. The van der Waals surface area contributed by atoms with E-state index in [2.05, 4.69) is 36.6 Å². The molecule has 0 spiro atoms. The first-order chi connectivity index (χ1) is 9.29. The van der Waals surface area contributed by atoms with Crippen LogP contribution in [-0.2, 0) is 10.0 Å². The second-order valence-corrected chi connectivity index (χ2v) is 7.62. The van der Waals surface area contributed by atoms with Gasteiger partial charge in [-0.25, -0.2) is 8.42 Å². The fraction of sp³-hybridized carbons (Fsp3) is 0.0769. The van der Waals surface area contributed by atoms with E-state index in [1.165, 1.54) is 0 Å². The van der Waals surface area contributed by atoms with Gasteiger partial charge in [0, 0.05) is 20.3 Å². The summed E-state index contributed by atoms with van der Waals surface area (Å²) in [6.07, 6.45) is 0. The van der Waals surface area contributed by atoms with Crippen LogP contribution >= 0.6 is 31.9 Å². The molecule has 0 saturated carbocycles. The number of hydrogen-bond donors (Lipinski definition) is 2. The van der Waals surface area contributed by atoms with Gasteiger partial charge in [0.15, 0.2) is 0 Å². The normalized spacial score (nSPS) is 11.3. The Labute approximate surface area is 134 Å². The molecule has 20 heavy (non-hydrogen) atoms. The molecule has 106 valence electrons. The molecule has 0 amide bonds. The smallest absolute Gasteiger partial charge is 0.263 e. The molecule has 2 rings (SSSR count). The number of sulfonamides is 1. The Kier molecular flexibility index (Phi) is 4.41. The van der Waals surface area contributed by atoms with Crippen molar-refractivity contribution in [1.29, 1.82) is 0 Å². The molecule has 0 aliphatic rings. The summed E-state index contributed by atoms with van der Waals surface area (Å²) in [4.78, 5) is 0.173. The van der Waals surface area contributed by atoms with E-state index < -0.39 is 10.0 Å². The van der Waals surface area contributed by atoms with E-state index in [-0.39, 0.29) is 4.90 Å². The van der Waals surface area contributed by atoms with Crippen LogP contribution < -0.4 is 10.5 Å². The van der Waals surface area contributed by atoms with Crippen LogP contribution in [0.25, 0.3) is 0 Å². The molecule has 0 aliphatic heterocycles. The van der Waals surface area contributed by atoms with Crippen molar-refractivity contribution >= 4 is 53.3 Å². The van der Waals surface area contributed by atoms with Crippen LogP contribution in [0.15, 0.2) is 50.2 Å². The lowest BCUT2D eigenvalue weighted by molar-refractivity contribution is 0.600. The topological polar surface area (TPSA) is 72.2 Å². The number of rotatable bonds is 3. The molecule has 0 aliphatic carbocycles. The molecule has 0 radical (unpaired) electrons. The maximum Gasteiger partial charge on any atom is 0.263 e. The quantitative estimate of drug-likeness (QED) is 0.741. The lowest BCUT2D eigenvalue weighted by Crippen LogP contribution is -2.13. The molecule has 0 unspecified atom stereocenters. The van der Waals surface area contributed by atoms with Gasteiger partial charge in [-0.05, 0) is 64.8 Å². The van der Waals surface area contributed by atoms with Crippen LogP contribution in [0.3, 0.4) is 0 Å². The lowest BCUT2D eigenvalue weighted by Gasteiger charge is -2.11. The van der Waals surface area contributed by atoms with E-state index in [9.17, 15) is 8.42 Å². The van der Waals surface area contributed by atoms with Gasteiger partial charge >= 0.3 is 0 Å². The largest absolute Gasteiger partial charge is 0.399 e. The van der Waals surface area contributed by atoms with Crippen LogP contribution in [0.5, 0.6) is 0 Å². The Hall–Kier alpha value is -1.05. The summed E-state index contributed by atoms with van der Waals surface area (Å²) in [5.74, 6) is 0. The van der Waals surface area contributed by atoms with E-state index in [0.29, 0.717) is 15.8 Å². The summed E-state index contributed by atoms with van der Waals surface area (Å²) in [5, 5.41) is 0. The minimum atomic E-state index is -3.66. The molecule has 0 heterocycles. The van der Waals surface area contributed by atoms with Crippen LogP contribution in [-0.4, -0.2) is 8.42 Å². The molecular formula is C13H12Br2N2O2S. The third-order valence-corrected chi connectivity index (χ3v) is 5.86. The first-order valence-corrected chi connectivity index (χ1v) is 8.70. The third kappa shape index (κ3) is 3.34. The van der Waals surface area contributed by atoms with Gasteiger partial charge in [0.05, 0.1) is 0 Å². The number of halogens is 2. The van der Waals surface area contributed by atoms with Crippen molar-refractivity contribution in [3.05, 3.63) is 50.9 Å². The van der Waals surface area contributed by atoms with Gasteiger partial charge in [-0.3, -0.25) is 4.72 Å². The summed E-state index contributed by atoms with van der Waals surface area (Å²) < 4.78 is 28.5. The highest BCUT2D eigenvalue weighted by Gasteiger charge is 2.19. The molecule has 0 bridgehead atoms. The Bertz CT molecular complexity index is 744. The molecule has 7 heteroatoms. The number of nitrogen functional groups attached to an aromatic ring is 1. The van der Waals surface area contributed by atoms with Crippen molar-refractivity contribution in [1.82, 2.24) is 0 Å². The average molecular weight is 420 g/mol. The van der Waals surface area contributed by atoms with Crippen LogP contribution in [0.2, 0.25) is 0 Å². The van der Waals surface area contributed by atoms with E-state index in [1.54, 1.807) is 36.4 Å². The molecule has 2 aromatic rings. The minimum absolute atomic E-state index is 0.173. The second-order valence-electron chi connectivity index (χ2n) is 4.26. The Morgan fingerprint density at radius 2 is 1.65 bits per heavy atom. The molecule has 0 saturated heterocycles. The van der Waals surface area contributed by atoms with E-state index in [4.69, 9.17) is 5.73 Å². The highest BCUT2D eigenvalue weighted by Crippen LogP contribution is 2.30. The molecule has 4 nitrogen and oxygen atoms in total. The number of nitrogens with two attached hydrogens (primary N) is 1. The summed E-state index contributed by atoms with van der Waals surface area (Å²) in [7, 11) is -3.66. The molecule has 0 atom stereocenters. The van der Waals surface area contributed by atoms with Gasteiger partial charge < -0.3 is 5.73 Å². The zero-order chi connectivity index (χ0) is 14.9. The zero-order valence-corrected chi connectivity index (χ0v) is 14.5. The Morgan fingerprint density at radius 1 is 1.05 bits per heavy atom. The van der Waals surface area contributed by atoms with Crippen LogP contribution in [0.4, 0.5) is 11.4 Å². The van der Waals surface area contributed by atoms with Crippen molar-refractivity contribution in [3.63, 3.8) is 0 Å². The number of hydrogen-bond acceptors (Lipinski definition) is 3. The van der Waals surface area contributed by atoms with E-state index in [0.717, 1.165) is 10.0 Å². The van der Waals surface area contributed by atoms with Crippen LogP contribution in [0.1, 0.15) is 5.56 Å². The molecule has 0 fully saturated rings. The molecule has 3 N–H and O–H groups in total. The van der Waals surface area contributed by atoms with Gasteiger partial charge in [0.1, 0.15) is 4.90 Å². The molecule has 2 aromatic carbocycles. The number of benzene rings is 2. The first-order valence-electron chi connectivity index (χ1n) is 5.63. The number of aryl methyl sites for hydroxylation is 1. The van der Waals surface area contributed by atoms with Crippen molar-refractivity contribution in [3.8, 4) is 0 Å². The Balaban J connectivity index is 2.40. The van der Waals surface area contributed by atoms with Gasteiger partial charge in [-0.15, -0.1) is 0 Å². The second kappa shape index (κ2) is 5.75. The summed E-state index contributed by atoms with van der Waals surface area (Å²) in [5.41, 5.74) is 7.56. The van der Waals surface area contributed by atoms with Crippen molar-refractivity contribution < 1.29 is 8.42 Å². The van der Waals surface area contributed by atoms with E-state index >= 15 is 0 Å². The molecular weight excluding hydrogens is 408 g/mol. The number of anilines is 2. The highest BCUT2D eigenvalue weighted by atomic mass is 79.9. The summed E-state index contributed by atoms with van der Waals surface area (Å²) in [6, 6.07) is 9.82. The monoisotopic (exact) mass is 418 g/mol. The van der Waals surface area contributed by atoms with Gasteiger partial charge in [-0.2, -0.15) is 0 Å². The van der Waals surface area contributed by atoms with Crippen molar-refractivity contribution in [2.24, 2.45) is 0 Å². The highest BCUT2D eigenvalue weighted by molar-refractivity contribution is 9.11. The van der Waals surface area contributed by atoms with Gasteiger partial charge in [0.2, 0.25) is 0 Å². The minimum Gasteiger partial charge on any atom is -0.399 e. The van der Waals surface area contributed by atoms with E-state index in [1.807, 2.05) is 6.92 Å². The first kappa shape index (κ1) is 15.3. The average Bonchev–Trinajstić information content (AvgIpc) is 2.36. The van der Waals surface area contributed by atoms with Crippen LogP contribution in [0, 0.1) is 6.92 Å². The lowest BCUT2D eigenvalue weighted by atomic mass is 10.2. The summed E-state index contributed by atoms with van der Waals surface area (Å²) in [6.45, 7) is 1.89.